The van der Waals surface area contributed by atoms with Crippen molar-refractivity contribution in [2.24, 2.45) is 0 Å². The maximum Gasteiger partial charge on any atom is 0.108 e. The van der Waals surface area contributed by atoms with E-state index in [1.807, 2.05) is 42.5 Å². The minimum Gasteiger partial charge on any atom is -0.378 e. The van der Waals surface area contributed by atoms with Gasteiger partial charge in [-0.05, 0) is 12.6 Å². The summed E-state index contributed by atoms with van der Waals surface area (Å²) < 4.78 is 0. The zero-order valence-corrected chi connectivity index (χ0v) is 7.77. The van der Waals surface area contributed by atoms with Gasteiger partial charge in [0, 0.05) is 6.42 Å². The Labute approximate surface area is 79.0 Å². The molecule has 0 aromatic carbocycles. The Bertz CT molecular complexity index is 261. The molecule has 1 unspecified atom stereocenters. The zero-order valence-electron chi connectivity index (χ0n) is 7.77. The predicted molar refractivity (Wildman–Crippen MR) is 55.2 cm³/mol. The Morgan fingerprint density at radius 3 is 2.69 bits per heavy atom. The highest BCUT2D eigenvalue weighted by Crippen LogP contribution is 2.07. The summed E-state index contributed by atoms with van der Waals surface area (Å²) in [6.45, 7) is 0. The summed E-state index contributed by atoms with van der Waals surface area (Å²) in [5, 5.41) is 12.1. The van der Waals surface area contributed by atoms with E-state index in [-0.39, 0.29) is 0 Å². The first-order valence-electron chi connectivity index (χ1n) is 4.39. The Morgan fingerprint density at radius 1 is 1.23 bits per heavy atom. The zero-order chi connectivity index (χ0) is 9.52. The molecule has 0 radical (unpaired) electrons. The van der Waals surface area contributed by atoms with E-state index in [1.54, 1.807) is 7.05 Å². The lowest BCUT2D eigenvalue weighted by molar-refractivity contribution is 0.148. The fourth-order valence-electron chi connectivity index (χ4n) is 1.07. The molecule has 0 aromatic heterocycles. The molecular formula is C11H15NO. The molecule has 0 spiro atoms. The van der Waals surface area contributed by atoms with Gasteiger partial charge in [0.25, 0.3) is 0 Å². The van der Waals surface area contributed by atoms with E-state index in [1.165, 1.54) is 0 Å². The smallest absolute Gasteiger partial charge is 0.108 e. The van der Waals surface area contributed by atoms with Gasteiger partial charge in [-0.25, -0.2) is 0 Å². The van der Waals surface area contributed by atoms with Crippen LogP contribution in [-0.4, -0.2) is 18.4 Å². The van der Waals surface area contributed by atoms with Crippen LogP contribution >= 0.6 is 0 Å². The van der Waals surface area contributed by atoms with E-state index in [2.05, 4.69) is 5.32 Å². The van der Waals surface area contributed by atoms with Crippen molar-refractivity contribution in [3.8, 4) is 0 Å². The molecule has 0 bridgehead atoms. The van der Waals surface area contributed by atoms with E-state index in [9.17, 15) is 5.11 Å². The molecule has 1 atom stereocenters. The maximum atomic E-state index is 9.34. The highest BCUT2D eigenvalue weighted by molar-refractivity contribution is 5.31. The molecule has 0 saturated heterocycles. The summed E-state index contributed by atoms with van der Waals surface area (Å²) in [6.07, 6.45) is 14.0. The first-order valence-corrected chi connectivity index (χ1v) is 4.39. The van der Waals surface area contributed by atoms with E-state index < -0.39 is 6.23 Å². The van der Waals surface area contributed by atoms with E-state index in [0.29, 0.717) is 6.42 Å². The summed E-state index contributed by atoms with van der Waals surface area (Å²) in [6, 6.07) is 0. The third-order valence-corrected chi connectivity index (χ3v) is 1.83. The van der Waals surface area contributed by atoms with Crippen LogP contribution in [0.4, 0.5) is 0 Å². The molecule has 0 saturated carbocycles. The molecular weight excluding hydrogens is 162 g/mol. The van der Waals surface area contributed by atoms with E-state index in [4.69, 9.17) is 0 Å². The van der Waals surface area contributed by atoms with Gasteiger partial charge in [-0.15, -0.1) is 0 Å². The lowest BCUT2D eigenvalue weighted by Crippen LogP contribution is -2.24. The largest absolute Gasteiger partial charge is 0.378 e. The first kappa shape index (κ1) is 9.96. The molecule has 0 heterocycles. The summed E-state index contributed by atoms with van der Waals surface area (Å²) in [5.41, 5.74) is 1.11. The maximum absolute atomic E-state index is 9.34. The number of nitrogens with one attached hydrogen (secondary N) is 1. The van der Waals surface area contributed by atoms with E-state index >= 15 is 0 Å². The van der Waals surface area contributed by atoms with Crippen LogP contribution in [0.15, 0.2) is 48.1 Å². The Balaban J connectivity index is 2.57. The topological polar surface area (TPSA) is 32.3 Å². The molecule has 1 aliphatic carbocycles. The number of aliphatic hydroxyl groups is 1. The Kier molecular flexibility index (Phi) is 4.23. The average molecular weight is 177 g/mol. The Morgan fingerprint density at radius 2 is 1.92 bits per heavy atom. The van der Waals surface area contributed by atoms with Crippen molar-refractivity contribution in [2.45, 2.75) is 12.6 Å². The summed E-state index contributed by atoms with van der Waals surface area (Å²) in [7, 11) is 1.74. The number of hydrogen-bond donors (Lipinski definition) is 2. The van der Waals surface area contributed by atoms with Gasteiger partial charge < -0.3 is 5.11 Å². The van der Waals surface area contributed by atoms with Crippen LogP contribution in [0.5, 0.6) is 0 Å². The first-order chi connectivity index (χ1) is 6.33. The van der Waals surface area contributed by atoms with Crippen molar-refractivity contribution in [3.05, 3.63) is 48.1 Å². The van der Waals surface area contributed by atoms with Crippen LogP contribution in [-0.2, 0) is 0 Å². The number of aliphatic hydroxyl groups excluding tert-OH is 1. The number of rotatable bonds is 3. The minimum atomic E-state index is -0.465. The van der Waals surface area contributed by atoms with Crippen LogP contribution in [0.2, 0.25) is 0 Å². The van der Waals surface area contributed by atoms with Gasteiger partial charge in [-0.1, -0.05) is 42.5 Å². The van der Waals surface area contributed by atoms with Crippen molar-refractivity contribution in [1.82, 2.24) is 5.32 Å². The molecule has 2 heteroatoms. The van der Waals surface area contributed by atoms with Crippen molar-refractivity contribution >= 4 is 0 Å². The third kappa shape index (κ3) is 3.87. The second-order valence-electron chi connectivity index (χ2n) is 2.88. The molecule has 13 heavy (non-hydrogen) atoms. The van der Waals surface area contributed by atoms with Crippen molar-refractivity contribution in [3.63, 3.8) is 0 Å². The Hall–Kier alpha value is -1.12. The summed E-state index contributed by atoms with van der Waals surface area (Å²) >= 11 is 0. The lowest BCUT2D eigenvalue weighted by atomic mass is 10.1. The van der Waals surface area contributed by atoms with Crippen LogP contribution in [0.3, 0.4) is 0 Å². The van der Waals surface area contributed by atoms with Crippen LogP contribution in [0.1, 0.15) is 6.42 Å². The molecule has 0 fully saturated rings. The number of hydrogen-bond acceptors (Lipinski definition) is 2. The SMILES string of the molecule is CNC(O)CC1=C/C=C\C=C/C=C\1. The average Bonchev–Trinajstić information content (AvgIpc) is 2.09. The van der Waals surface area contributed by atoms with Crippen molar-refractivity contribution in [1.29, 1.82) is 0 Å². The molecule has 0 aromatic rings. The van der Waals surface area contributed by atoms with Gasteiger partial charge in [0.1, 0.15) is 6.23 Å². The van der Waals surface area contributed by atoms with Gasteiger partial charge >= 0.3 is 0 Å². The fraction of sp³-hybridized carbons (Fsp3) is 0.273. The summed E-state index contributed by atoms with van der Waals surface area (Å²) in [5.74, 6) is 0. The van der Waals surface area contributed by atoms with Gasteiger partial charge in [0.2, 0.25) is 0 Å². The molecule has 0 aliphatic heterocycles. The molecule has 1 aliphatic rings. The molecule has 0 amide bonds. The molecule has 2 nitrogen and oxygen atoms in total. The lowest BCUT2D eigenvalue weighted by Gasteiger charge is -2.09. The second-order valence-corrected chi connectivity index (χ2v) is 2.88. The van der Waals surface area contributed by atoms with Gasteiger partial charge in [-0.3, -0.25) is 5.32 Å². The third-order valence-electron chi connectivity index (χ3n) is 1.83. The minimum absolute atomic E-state index is 0.465. The standard InChI is InChI=1S/C11H15NO/c1-12-11(13)9-10-7-5-3-2-4-6-8-10/h2-8,11-13H,9H2,1H3/b3-2-,4-2?,5-3?,6-4-,7-5-,8-6?,10-7?,10-8+. The van der Waals surface area contributed by atoms with E-state index in [0.717, 1.165) is 5.57 Å². The second kappa shape index (κ2) is 5.51. The normalized spacial score (nSPS) is 29.2. The highest BCUT2D eigenvalue weighted by atomic mass is 16.3. The van der Waals surface area contributed by atoms with Crippen LogP contribution in [0.25, 0.3) is 0 Å². The molecule has 2 N–H and O–H groups in total. The van der Waals surface area contributed by atoms with Crippen molar-refractivity contribution in [2.75, 3.05) is 7.05 Å². The predicted octanol–water partition coefficient (Wildman–Crippen LogP) is 1.52. The number of allylic oxidation sites excluding steroid dienone is 7. The van der Waals surface area contributed by atoms with Gasteiger partial charge in [-0.2, -0.15) is 0 Å². The highest BCUT2D eigenvalue weighted by Gasteiger charge is 2.01. The molecule has 1 rings (SSSR count). The monoisotopic (exact) mass is 177 g/mol. The van der Waals surface area contributed by atoms with Gasteiger partial charge in [0.05, 0.1) is 0 Å². The van der Waals surface area contributed by atoms with Crippen molar-refractivity contribution < 1.29 is 5.11 Å². The fourth-order valence-corrected chi connectivity index (χ4v) is 1.07. The summed E-state index contributed by atoms with van der Waals surface area (Å²) in [4.78, 5) is 0. The quantitative estimate of drug-likeness (QED) is 0.641. The van der Waals surface area contributed by atoms with Gasteiger partial charge in [0.15, 0.2) is 0 Å². The molecule has 70 valence electrons. The van der Waals surface area contributed by atoms with Crippen LogP contribution < -0.4 is 5.32 Å². The van der Waals surface area contributed by atoms with Crippen LogP contribution in [0, 0.1) is 0 Å².